The zero-order chi connectivity index (χ0) is 17.9. The Labute approximate surface area is 145 Å². The average Bonchev–Trinajstić information content (AvgIpc) is 2.60. The van der Waals surface area contributed by atoms with Crippen molar-refractivity contribution in [3.05, 3.63) is 36.4 Å². The summed E-state index contributed by atoms with van der Waals surface area (Å²) >= 11 is 0. The van der Waals surface area contributed by atoms with Crippen molar-refractivity contribution in [3.8, 4) is 11.5 Å². The van der Waals surface area contributed by atoms with Crippen LogP contribution in [0.25, 0.3) is 0 Å². The highest BCUT2D eigenvalue weighted by Gasteiger charge is 2.18. The van der Waals surface area contributed by atoms with Gasteiger partial charge in [-0.2, -0.15) is 0 Å². The topological polar surface area (TPSA) is 51.2 Å². The summed E-state index contributed by atoms with van der Waals surface area (Å²) in [4.78, 5) is 2.25. The van der Waals surface area contributed by atoms with Crippen LogP contribution in [0.5, 0.6) is 11.5 Å². The zero-order valence-corrected chi connectivity index (χ0v) is 15.3. The van der Waals surface area contributed by atoms with Crippen LogP contribution in [0.1, 0.15) is 25.8 Å². The first-order valence-electron chi connectivity index (χ1n) is 8.36. The number of aliphatic hydroxyl groups excluding tert-OH is 1. The van der Waals surface area contributed by atoms with Gasteiger partial charge in [0.05, 0.1) is 33.5 Å². The van der Waals surface area contributed by atoms with Gasteiger partial charge in [-0.05, 0) is 31.0 Å². The Morgan fingerprint density at radius 1 is 1.21 bits per heavy atom. The van der Waals surface area contributed by atoms with Gasteiger partial charge in [-0.1, -0.05) is 13.0 Å². The highest BCUT2D eigenvalue weighted by molar-refractivity contribution is 5.38. The summed E-state index contributed by atoms with van der Waals surface area (Å²) in [6.45, 7) is 9.93. The first-order chi connectivity index (χ1) is 11.5. The third-order valence-electron chi connectivity index (χ3n) is 4.00. The minimum absolute atomic E-state index is 0.306. The summed E-state index contributed by atoms with van der Waals surface area (Å²) in [5.74, 6) is 1.53. The van der Waals surface area contributed by atoms with E-state index < -0.39 is 6.10 Å². The lowest BCUT2D eigenvalue weighted by Crippen LogP contribution is -2.40. The third-order valence-corrected chi connectivity index (χ3v) is 4.00. The lowest BCUT2D eigenvalue weighted by atomic mass is 10.1. The molecular formula is C19H31NO4. The van der Waals surface area contributed by atoms with Crippen molar-refractivity contribution in [2.24, 2.45) is 0 Å². The van der Waals surface area contributed by atoms with Crippen molar-refractivity contribution in [1.82, 2.24) is 4.90 Å². The molecule has 24 heavy (non-hydrogen) atoms. The van der Waals surface area contributed by atoms with Crippen molar-refractivity contribution in [2.75, 3.05) is 34.0 Å². The molecule has 0 unspecified atom stereocenters. The zero-order valence-electron chi connectivity index (χ0n) is 15.3. The Balaban J connectivity index is 2.80. The summed E-state index contributed by atoms with van der Waals surface area (Å²) in [7, 11) is 3.29. The number of nitrogens with zero attached hydrogens (tertiary/aromatic N) is 1. The maximum atomic E-state index is 10.2. The van der Waals surface area contributed by atoms with Crippen molar-refractivity contribution >= 4 is 0 Å². The minimum atomic E-state index is -0.536. The fourth-order valence-corrected chi connectivity index (χ4v) is 2.46. The van der Waals surface area contributed by atoms with Crippen molar-refractivity contribution in [2.45, 2.75) is 39.0 Å². The van der Waals surface area contributed by atoms with Crippen molar-refractivity contribution in [3.63, 3.8) is 0 Å². The second-order valence-electron chi connectivity index (χ2n) is 5.89. The smallest absolute Gasteiger partial charge is 0.122 e. The van der Waals surface area contributed by atoms with E-state index in [1.165, 1.54) is 0 Å². The first-order valence-corrected chi connectivity index (χ1v) is 8.36. The average molecular weight is 337 g/mol. The third kappa shape index (κ3) is 6.91. The maximum absolute atomic E-state index is 10.2. The molecule has 0 saturated carbocycles. The SMILES string of the molecule is C=CCOC[C@H](O)CN(Cc1cc(OC)cc(OC)c1)[C@@H](C)CC. The van der Waals surface area contributed by atoms with Gasteiger partial charge in [-0.15, -0.1) is 6.58 Å². The number of hydrogen-bond donors (Lipinski definition) is 1. The molecule has 2 atom stereocenters. The van der Waals surface area contributed by atoms with E-state index in [-0.39, 0.29) is 0 Å². The Kier molecular flexibility index (Phi) is 9.45. The van der Waals surface area contributed by atoms with E-state index in [9.17, 15) is 5.11 Å². The van der Waals surface area contributed by atoms with E-state index in [0.717, 1.165) is 23.5 Å². The van der Waals surface area contributed by atoms with E-state index in [2.05, 4.69) is 25.3 Å². The van der Waals surface area contributed by atoms with Crippen LogP contribution in [0.15, 0.2) is 30.9 Å². The summed E-state index contributed by atoms with van der Waals surface area (Å²) in [5.41, 5.74) is 1.09. The standard InChI is InChI=1S/C19H31NO4/c1-6-8-24-14-17(21)13-20(15(3)7-2)12-16-9-18(22-4)11-19(10-16)23-5/h6,9-11,15,17,21H,1,7-8,12-14H2,2-5H3/t15-,17+/m0/s1. The van der Waals surface area contributed by atoms with Crippen LogP contribution in [0.2, 0.25) is 0 Å². The maximum Gasteiger partial charge on any atom is 0.122 e. The van der Waals surface area contributed by atoms with Gasteiger partial charge in [-0.3, -0.25) is 4.90 Å². The van der Waals surface area contributed by atoms with Crippen molar-refractivity contribution in [1.29, 1.82) is 0 Å². The molecular weight excluding hydrogens is 306 g/mol. The predicted molar refractivity (Wildman–Crippen MR) is 96.7 cm³/mol. The van der Waals surface area contributed by atoms with E-state index in [0.29, 0.717) is 32.3 Å². The van der Waals surface area contributed by atoms with Crippen LogP contribution in [-0.2, 0) is 11.3 Å². The molecule has 0 aliphatic rings. The van der Waals surface area contributed by atoms with Crippen LogP contribution in [0, 0.1) is 0 Å². The fraction of sp³-hybridized carbons (Fsp3) is 0.579. The largest absolute Gasteiger partial charge is 0.497 e. The normalized spacial score (nSPS) is 13.6. The van der Waals surface area contributed by atoms with Gasteiger partial charge in [0.2, 0.25) is 0 Å². The lowest BCUT2D eigenvalue weighted by molar-refractivity contribution is 0.0157. The highest BCUT2D eigenvalue weighted by atomic mass is 16.5. The van der Waals surface area contributed by atoms with Gasteiger partial charge < -0.3 is 19.3 Å². The quantitative estimate of drug-likeness (QED) is 0.469. The molecule has 5 nitrogen and oxygen atoms in total. The molecule has 0 fully saturated rings. The van der Waals surface area contributed by atoms with Gasteiger partial charge in [0.25, 0.3) is 0 Å². The van der Waals surface area contributed by atoms with E-state index in [4.69, 9.17) is 14.2 Å². The molecule has 1 aromatic carbocycles. The van der Waals surface area contributed by atoms with Gasteiger partial charge in [0.1, 0.15) is 11.5 Å². The molecule has 0 spiro atoms. The number of benzene rings is 1. The molecule has 0 heterocycles. The number of rotatable bonds is 12. The molecule has 1 rings (SSSR count). The van der Waals surface area contributed by atoms with Crippen molar-refractivity contribution < 1.29 is 19.3 Å². The molecule has 0 aliphatic carbocycles. The van der Waals surface area contributed by atoms with Crippen LogP contribution >= 0.6 is 0 Å². The fourth-order valence-electron chi connectivity index (χ4n) is 2.46. The van der Waals surface area contributed by atoms with E-state index in [1.807, 2.05) is 18.2 Å². The Hall–Kier alpha value is -1.56. The Morgan fingerprint density at radius 2 is 1.83 bits per heavy atom. The number of methoxy groups -OCH3 is 2. The Bertz CT molecular complexity index is 470. The van der Waals surface area contributed by atoms with Crippen LogP contribution < -0.4 is 9.47 Å². The van der Waals surface area contributed by atoms with Gasteiger partial charge in [-0.25, -0.2) is 0 Å². The van der Waals surface area contributed by atoms with Gasteiger partial charge >= 0.3 is 0 Å². The molecule has 136 valence electrons. The first kappa shape index (κ1) is 20.5. The molecule has 0 amide bonds. The predicted octanol–water partition coefficient (Wildman–Crippen LogP) is 2.87. The van der Waals surface area contributed by atoms with Gasteiger partial charge in [0, 0.05) is 25.2 Å². The minimum Gasteiger partial charge on any atom is -0.497 e. The summed E-state index contributed by atoms with van der Waals surface area (Å²) in [6, 6.07) is 6.20. The second kappa shape index (κ2) is 11.1. The number of aliphatic hydroxyl groups is 1. The monoisotopic (exact) mass is 337 g/mol. The van der Waals surface area contributed by atoms with Crippen LogP contribution in [0.3, 0.4) is 0 Å². The summed E-state index contributed by atoms with van der Waals surface area (Å²) in [5, 5.41) is 10.2. The molecule has 0 saturated heterocycles. The number of hydrogen-bond acceptors (Lipinski definition) is 5. The Morgan fingerprint density at radius 3 is 2.33 bits per heavy atom. The summed E-state index contributed by atoms with van der Waals surface area (Å²) < 4.78 is 16.0. The molecule has 5 heteroatoms. The summed E-state index contributed by atoms with van der Waals surface area (Å²) in [6.07, 6.45) is 2.15. The van der Waals surface area contributed by atoms with E-state index >= 15 is 0 Å². The lowest BCUT2D eigenvalue weighted by Gasteiger charge is -2.30. The van der Waals surface area contributed by atoms with E-state index in [1.54, 1.807) is 20.3 Å². The molecule has 1 N–H and O–H groups in total. The molecule has 0 aliphatic heterocycles. The second-order valence-corrected chi connectivity index (χ2v) is 5.89. The molecule has 0 bridgehead atoms. The molecule has 0 aromatic heterocycles. The van der Waals surface area contributed by atoms with Gasteiger partial charge in [0.15, 0.2) is 0 Å². The molecule has 0 radical (unpaired) electrons. The number of ether oxygens (including phenoxy) is 3. The molecule has 1 aromatic rings. The van der Waals surface area contributed by atoms with Crippen LogP contribution in [0.4, 0.5) is 0 Å². The highest BCUT2D eigenvalue weighted by Crippen LogP contribution is 2.24. The van der Waals surface area contributed by atoms with Crippen LogP contribution in [-0.4, -0.2) is 56.1 Å².